The number of rotatable bonds is 3. The molecule has 3 N–H and O–H groups in total. The summed E-state index contributed by atoms with van der Waals surface area (Å²) in [7, 11) is 0. The molecule has 0 aliphatic rings. The van der Waals surface area contributed by atoms with Crippen molar-refractivity contribution >= 4 is 35.0 Å². The lowest BCUT2D eigenvalue weighted by Crippen LogP contribution is -2.10. The van der Waals surface area contributed by atoms with Gasteiger partial charge in [-0.3, -0.25) is 0 Å². The first-order chi connectivity index (χ1) is 5.24. The number of hydrogen-bond donors (Lipinski definition) is 2. The molecule has 0 saturated carbocycles. The first-order valence-electron chi connectivity index (χ1n) is 3.35. The number of aliphatic hydroxyl groups excluding tert-OH is 1. The molecule has 70 valence electrons. The van der Waals surface area contributed by atoms with Gasteiger partial charge in [-0.1, -0.05) is 0 Å². The Morgan fingerprint density at radius 2 is 2.25 bits per heavy atom. The largest absolute Gasteiger partial charge is 0.454 e. The minimum absolute atomic E-state index is 0. The topological polar surface area (TPSA) is 59.4 Å². The number of furan rings is 1. The zero-order valence-corrected chi connectivity index (χ0v) is 9.34. The highest BCUT2D eigenvalue weighted by Crippen LogP contribution is 2.17. The van der Waals surface area contributed by atoms with Gasteiger partial charge in [0.2, 0.25) is 0 Å². The van der Waals surface area contributed by atoms with E-state index in [1.807, 2.05) is 12.1 Å². The lowest BCUT2D eigenvalue weighted by molar-refractivity contribution is 0.268. The molecular formula is C7H11ClINO2. The molecule has 0 radical (unpaired) electrons. The quantitative estimate of drug-likeness (QED) is 0.836. The van der Waals surface area contributed by atoms with Gasteiger partial charge in [-0.2, -0.15) is 0 Å². The van der Waals surface area contributed by atoms with Crippen molar-refractivity contribution in [3.05, 3.63) is 21.7 Å². The van der Waals surface area contributed by atoms with Crippen LogP contribution in [-0.4, -0.2) is 11.7 Å². The molecule has 0 amide bonds. The molecule has 0 saturated heterocycles. The van der Waals surface area contributed by atoms with E-state index in [0.29, 0.717) is 6.42 Å². The molecular weight excluding hydrogens is 292 g/mol. The van der Waals surface area contributed by atoms with Gasteiger partial charge in [0.1, 0.15) is 5.76 Å². The molecule has 12 heavy (non-hydrogen) atoms. The maximum Gasteiger partial charge on any atom is 0.164 e. The van der Waals surface area contributed by atoms with Crippen LogP contribution in [0.1, 0.15) is 18.2 Å². The Hall–Kier alpha value is 0.220. The molecule has 5 heteroatoms. The van der Waals surface area contributed by atoms with Crippen molar-refractivity contribution in [2.75, 3.05) is 6.61 Å². The Bertz CT molecular complexity index is 229. The second kappa shape index (κ2) is 5.80. The van der Waals surface area contributed by atoms with Crippen molar-refractivity contribution in [2.45, 2.75) is 12.5 Å². The van der Waals surface area contributed by atoms with E-state index in [9.17, 15) is 0 Å². The van der Waals surface area contributed by atoms with Gasteiger partial charge < -0.3 is 15.3 Å². The van der Waals surface area contributed by atoms with Crippen LogP contribution in [0.4, 0.5) is 0 Å². The maximum atomic E-state index is 8.58. The molecule has 0 aliphatic carbocycles. The minimum atomic E-state index is -0.177. The highest BCUT2D eigenvalue weighted by Gasteiger charge is 2.08. The maximum absolute atomic E-state index is 8.58. The second-order valence-electron chi connectivity index (χ2n) is 2.26. The molecule has 1 heterocycles. The van der Waals surface area contributed by atoms with Crippen LogP contribution in [0.3, 0.4) is 0 Å². The Kier molecular flexibility index (Phi) is 5.90. The molecule has 0 aliphatic heterocycles. The highest BCUT2D eigenvalue weighted by atomic mass is 127. The standard InChI is InChI=1S/C7H10INO2.ClH/c8-7-2-1-6(11-7)5(9)3-4-10;/h1-2,5,10H,3-4,9H2;1H. The highest BCUT2D eigenvalue weighted by molar-refractivity contribution is 14.1. The van der Waals surface area contributed by atoms with E-state index in [2.05, 4.69) is 22.6 Å². The molecule has 1 aromatic heterocycles. The predicted molar refractivity (Wildman–Crippen MR) is 57.3 cm³/mol. The zero-order valence-electron chi connectivity index (χ0n) is 6.37. The van der Waals surface area contributed by atoms with Crippen LogP contribution in [0.2, 0.25) is 0 Å². The van der Waals surface area contributed by atoms with E-state index in [-0.39, 0.29) is 25.1 Å². The van der Waals surface area contributed by atoms with Crippen molar-refractivity contribution in [1.29, 1.82) is 0 Å². The third-order valence-corrected chi connectivity index (χ3v) is 1.98. The SMILES string of the molecule is Cl.NC(CCO)c1ccc(I)o1. The summed E-state index contributed by atoms with van der Waals surface area (Å²) in [5, 5.41) is 8.58. The zero-order chi connectivity index (χ0) is 8.27. The van der Waals surface area contributed by atoms with Crippen LogP contribution in [0.5, 0.6) is 0 Å². The van der Waals surface area contributed by atoms with Crippen molar-refractivity contribution in [3.8, 4) is 0 Å². The first-order valence-corrected chi connectivity index (χ1v) is 4.43. The summed E-state index contributed by atoms with van der Waals surface area (Å²) >= 11 is 2.08. The van der Waals surface area contributed by atoms with Crippen LogP contribution in [-0.2, 0) is 0 Å². The van der Waals surface area contributed by atoms with Crippen LogP contribution in [0.25, 0.3) is 0 Å². The first kappa shape index (κ1) is 12.2. The Morgan fingerprint density at radius 3 is 2.67 bits per heavy atom. The molecule has 0 aromatic carbocycles. The van der Waals surface area contributed by atoms with E-state index < -0.39 is 0 Å². The average molecular weight is 304 g/mol. The van der Waals surface area contributed by atoms with Gasteiger partial charge in [-0.05, 0) is 41.1 Å². The van der Waals surface area contributed by atoms with Crippen LogP contribution >= 0.6 is 35.0 Å². The van der Waals surface area contributed by atoms with Crippen molar-refractivity contribution in [2.24, 2.45) is 5.73 Å². The van der Waals surface area contributed by atoms with Crippen LogP contribution < -0.4 is 5.73 Å². The smallest absolute Gasteiger partial charge is 0.164 e. The van der Waals surface area contributed by atoms with Crippen molar-refractivity contribution in [3.63, 3.8) is 0 Å². The monoisotopic (exact) mass is 303 g/mol. The molecule has 1 unspecified atom stereocenters. The van der Waals surface area contributed by atoms with Crippen LogP contribution in [0, 0.1) is 3.77 Å². The average Bonchev–Trinajstić information content (AvgIpc) is 2.36. The van der Waals surface area contributed by atoms with E-state index in [4.69, 9.17) is 15.3 Å². The Labute approximate surface area is 90.9 Å². The summed E-state index contributed by atoms with van der Waals surface area (Å²) in [6.45, 7) is 0.0957. The predicted octanol–water partition coefficient (Wildman–Crippen LogP) is 1.69. The van der Waals surface area contributed by atoms with Gasteiger partial charge in [0, 0.05) is 6.61 Å². The lowest BCUT2D eigenvalue weighted by Gasteiger charge is -2.04. The van der Waals surface area contributed by atoms with E-state index in [1.165, 1.54) is 0 Å². The molecule has 0 spiro atoms. The van der Waals surface area contributed by atoms with Gasteiger partial charge in [-0.15, -0.1) is 12.4 Å². The number of aliphatic hydroxyl groups is 1. The molecule has 0 fully saturated rings. The Morgan fingerprint density at radius 1 is 1.58 bits per heavy atom. The summed E-state index contributed by atoms with van der Waals surface area (Å²) in [5.74, 6) is 0.739. The van der Waals surface area contributed by atoms with Gasteiger partial charge in [0.15, 0.2) is 3.77 Å². The normalized spacial score (nSPS) is 12.2. The van der Waals surface area contributed by atoms with E-state index >= 15 is 0 Å². The summed E-state index contributed by atoms with van der Waals surface area (Å²) in [4.78, 5) is 0. The molecule has 3 nitrogen and oxygen atoms in total. The number of hydrogen-bond acceptors (Lipinski definition) is 3. The Balaban J connectivity index is 0.00000121. The summed E-state index contributed by atoms with van der Waals surface area (Å²) in [6, 6.07) is 3.51. The number of halogens is 2. The molecule has 1 aromatic rings. The molecule has 0 bridgehead atoms. The fourth-order valence-electron chi connectivity index (χ4n) is 0.809. The van der Waals surface area contributed by atoms with Gasteiger partial charge in [0.25, 0.3) is 0 Å². The fraction of sp³-hybridized carbons (Fsp3) is 0.429. The summed E-state index contributed by atoms with van der Waals surface area (Å²) in [6.07, 6.45) is 0.545. The fourth-order valence-corrected chi connectivity index (χ4v) is 1.24. The third kappa shape index (κ3) is 3.30. The van der Waals surface area contributed by atoms with Gasteiger partial charge in [-0.25, -0.2) is 0 Å². The molecule has 1 atom stereocenters. The van der Waals surface area contributed by atoms with Gasteiger partial charge in [0.05, 0.1) is 6.04 Å². The van der Waals surface area contributed by atoms with Gasteiger partial charge >= 0.3 is 0 Å². The minimum Gasteiger partial charge on any atom is -0.454 e. The van der Waals surface area contributed by atoms with Crippen molar-refractivity contribution < 1.29 is 9.52 Å². The summed E-state index contributed by atoms with van der Waals surface area (Å²) < 4.78 is 6.07. The molecule has 1 rings (SSSR count). The van der Waals surface area contributed by atoms with E-state index in [0.717, 1.165) is 9.53 Å². The van der Waals surface area contributed by atoms with E-state index in [1.54, 1.807) is 0 Å². The van der Waals surface area contributed by atoms with Crippen molar-refractivity contribution in [1.82, 2.24) is 0 Å². The van der Waals surface area contributed by atoms with Crippen LogP contribution in [0.15, 0.2) is 16.5 Å². The second-order valence-corrected chi connectivity index (χ2v) is 3.32. The third-order valence-electron chi connectivity index (χ3n) is 1.40. The summed E-state index contributed by atoms with van der Waals surface area (Å²) in [5.41, 5.74) is 5.66. The number of nitrogens with two attached hydrogens (primary N) is 1. The lowest BCUT2D eigenvalue weighted by atomic mass is 10.2.